The van der Waals surface area contributed by atoms with Crippen LogP contribution in [-0.4, -0.2) is 27.9 Å². The molecule has 0 aliphatic carbocycles. The van der Waals surface area contributed by atoms with Crippen LogP contribution in [0.1, 0.15) is 13.3 Å². The molecule has 2 N–H and O–H groups in total. The van der Waals surface area contributed by atoms with Crippen molar-refractivity contribution >= 4 is 29.1 Å². The second-order valence-corrected chi connectivity index (χ2v) is 4.99. The maximum Gasteiger partial charge on any atom is 0.156 e. The third kappa shape index (κ3) is 2.35. The second kappa shape index (κ2) is 4.55. The van der Waals surface area contributed by atoms with Crippen molar-refractivity contribution in [2.24, 2.45) is 0 Å². The van der Waals surface area contributed by atoms with Gasteiger partial charge in [-0.15, -0.1) is 0 Å². The van der Waals surface area contributed by atoms with Crippen LogP contribution in [0.3, 0.4) is 0 Å². The van der Waals surface area contributed by atoms with Gasteiger partial charge in [-0.25, -0.2) is 9.97 Å². The SMILES string of the molecule is CC1OCCC1Sc1ncnc(Cl)c1N. The molecule has 2 unspecified atom stereocenters. The Bertz CT molecular complexity index is 363. The number of ether oxygens (including phenoxy) is 1. The van der Waals surface area contributed by atoms with Crippen molar-refractivity contribution in [1.29, 1.82) is 0 Å². The van der Waals surface area contributed by atoms with E-state index in [1.807, 2.05) is 0 Å². The summed E-state index contributed by atoms with van der Waals surface area (Å²) in [6.45, 7) is 2.86. The molecule has 2 atom stereocenters. The number of halogens is 1. The van der Waals surface area contributed by atoms with Gasteiger partial charge < -0.3 is 10.5 Å². The highest BCUT2D eigenvalue weighted by Crippen LogP contribution is 2.35. The third-order valence-electron chi connectivity index (χ3n) is 2.37. The van der Waals surface area contributed by atoms with E-state index in [1.54, 1.807) is 11.8 Å². The Kier molecular flexibility index (Phi) is 3.33. The highest BCUT2D eigenvalue weighted by Gasteiger charge is 2.26. The van der Waals surface area contributed by atoms with E-state index >= 15 is 0 Å². The number of anilines is 1. The lowest BCUT2D eigenvalue weighted by molar-refractivity contribution is 0.127. The fourth-order valence-electron chi connectivity index (χ4n) is 1.46. The number of hydrogen-bond donors (Lipinski definition) is 1. The molecule has 1 aromatic rings. The first-order valence-electron chi connectivity index (χ1n) is 4.72. The topological polar surface area (TPSA) is 61.0 Å². The summed E-state index contributed by atoms with van der Waals surface area (Å²) in [5, 5.41) is 1.47. The normalized spacial score (nSPS) is 25.7. The molecule has 4 nitrogen and oxygen atoms in total. The molecule has 0 aromatic carbocycles. The zero-order valence-electron chi connectivity index (χ0n) is 8.31. The van der Waals surface area contributed by atoms with E-state index in [0.29, 0.717) is 16.1 Å². The summed E-state index contributed by atoms with van der Waals surface area (Å²) < 4.78 is 5.47. The van der Waals surface area contributed by atoms with E-state index in [1.165, 1.54) is 6.33 Å². The largest absolute Gasteiger partial charge is 0.394 e. The minimum Gasteiger partial charge on any atom is -0.394 e. The number of thioether (sulfide) groups is 1. The first kappa shape index (κ1) is 11.0. The highest BCUT2D eigenvalue weighted by atomic mass is 35.5. The van der Waals surface area contributed by atoms with Crippen LogP contribution >= 0.6 is 23.4 Å². The van der Waals surface area contributed by atoms with Crippen molar-refractivity contribution in [3.05, 3.63) is 11.5 Å². The summed E-state index contributed by atoms with van der Waals surface area (Å²) in [5.74, 6) is 0. The molecule has 0 bridgehead atoms. The van der Waals surface area contributed by atoms with E-state index in [4.69, 9.17) is 22.1 Å². The number of nitrogen functional groups attached to an aromatic ring is 1. The molecule has 15 heavy (non-hydrogen) atoms. The summed E-state index contributed by atoms with van der Waals surface area (Å²) in [6, 6.07) is 0. The zero-order chi connectivity index (χ0) is 10.8. The van der Waals surface area contributed by atoms with Gasteiger partial charge in [0, 0.05) is 11.9 Å². The Hall–Kier alpha value is -0.520. The summed E-state index contributed by atoms with van der Waals surface area (Å²) in [7, 11) is 0. The molecule has 0 saturated carbocycles. The molecule has 6 heteroatoms. The molecule has 2 rings (SSSR count). The van der Waals surface area contributed by atoms with Gasteiger partial charge in [0.2, 0.25) is 0 Å². The lowest BCUT2D eigenvalue weighted by atomic mass is 10.3. The molecule has 1 saturated heterocycles. The van der Waals surface area contributed by atoms with Gasteiger partial charge in [0.25, 0.3) is 0 Å². The van der Waals surface area contributed by atoms with Crippen molar-refractivity contribution in [1.82, 2.24) is 9.97 Å². The number of hydrogen-bond acceptors (Lipinski definition) is 5. The molecule has 82 valence electrons. The van der Waals surface area contributed by atoms with Gasteiger partial charge in [0.1, 0.15) is 17.0 Å². The predicted octanol–water partition coefficient (Wildman–Crippen LogP) is 1.98. The third-order valence-corrected chi connectivity index (χ3v) is 4.14. The highest BCUT2D eigenvalue weighted by molar-refractivity contribution is 8.00. The van der Waals surface area contributed by atoms with Crippen molar-refractivity contribution in [3.63, 3.8) is 0 Å². The van der Waals surface area contributed by atoms with Crippen LogP contribution < -0.4 is 5.73 Å². The van der Waals surface area contributed by atoms with Crippen molar-refractivity contribution in [3.8, 4) is 0 Å². The Morgan fingerprint density at radius 3 is 3.07 bits per heavy atom. The van der Waals surface area contributed by atoms with Gasteiger partial charge in [-0.2, -0.15) is 0 Å². The van der Waals surface area contributed by atoms with Gasteiger partial charge in [0.05, 0.1) is 6.10 Å². The summed E-state index contributed by atoms with van der Waals surface area (Å²) in [4.78, 5) is 7.94. The van der Waals surface area contributed by atoms with Crippen LogP contribution in [-0.2, 0) is 4.74 Å². The lowest BCUT2D eigenvalue weighted by Crippen LogP contribution is -2.13. The van der Waals surface area contributed by atoms with Gasteiger partial charge in [-0.3, -0.25) is 0 Å². The standard InChI is InChI=1S/C9H12ClN3OS/c1-5-6(2-3-14-5)15-9-7(11)8(10)12-4-13-9/h4-6H,2-3,11H2,1H3. The molecular formula is C9H12ClN3OS. The Morgan fingerprint density at radius 2 is 2.40 bits per heavy atom. The Labute approximate surface area is 97.6 Å². The minimum absolute atomic E-state index is 0.239. The molecule has 0 amide bonds. The van der Waals surface area contributed by atoms with Crippen LogP contribution in [0, 0.1) is 0 Å². The second-order valence-electron chi connectivity index (χ2n) is 3.40. The monoisotopic (exact) mass is 245 g/mol. The average molecular weight is 246 g/mol. The van der Waals surface area contributed by atoms with E-state index in [9.17, 15) is 0 Å². The molecular weight excluding hydrogens is 234 g/mol. The maximum absolute atomic E-state index is 5.81. The van der Waals surface area contributed by atoms with Crippen LogP contribution in [0.2, 0.25) is 5.15 Å². The molecule has 1 aromatic heterocycles. The van der Waals surface area contributed by atoms with Crippen molar-refractivity contribution in [2.45, 2.75) is 29.7 Å². The van der Waals surface area contributed by atoms with Gasteiger partial charge >= 0.3 is 0 Å². The minimum atomic E-state index is 0.239. The lowest BCUT2D eigenvalue weighted by Gasteiger charge is -2.13. The fraction of sp³-hybridized carbons (Fsp3) is 0.556. The van der Waals surface area contributed by atoms with E-state index in [0.717, 1.165) is 18.1 Å². The van der Waals surface area contributed by atoms with Crippen LogP contribution in [0.4, 0.5) is 5.69 Å². The predicted molar refractivity (Wildman–Crippen MR) is 61.1 cm³/mol. The van der Waals surface area contributed by atoms with E-state index in [2.05, 4.69) is 16.9 Å². The summed E-state index contributed by atoms with van der Waals surface area (Å²) in [6.07, 6.45) is 2.69. The average Bonchev–Trinajstić information content (AvgIpc) is 2.60. The van der Waals surface area contributed by atoms with Gasteiger partial charge in [-0.05, 0) is 13.3 Å². The molecule has 1 aliphatic rings. The van der Waals surface area contributed by atoms with E-state index in [-0.39, 0.29) is 6.10 Å². The number of rotatable bonds is 2. The van der Waals surface area contributed by atoms with Gasteiger partial charge in [-0.1, -0.05) is 23.4 Å². The smallest absolute Gasteiger partial charge is 0.156 e. The number of nitrogens with zero attached hydrogens (tertiary/aromatic N) is 2. The number of aromatic nitrogens is 2. The van der Waals surface area contributed by atoms with Crippen molar-refractivity contribution < 1.29 is 4.74 Å². The Morgan fingerprint density at radius 1 is 1.60 bits per heavy atom. The molecule has 1 aliphatic heterocycles. The Balaban J connectivity index is 2.13. The molecule has 0 spiro atoms. The first-order valence-corrected chi connectivity index (χ1v) is 5.98. The maximum atomic E-state index is 5.81. The van der Waals surface area contributed by atoms with Crippen LogP contribution in [0.25, 0.3) is 0 Å². The molecule has 1 fully saturated rings. The quantitative estimate of drug-likeness (QED) is 0.808. The van der Waals surface area contributed by atoms with Gasteiger partial charge in [0.15, 0.2) is 5.15 Å². The molecule has 2 heterocycles. The van der Waals surface area contributed by atoms with Crippen LogP contribution in [0.5, 0.6) is 0 Å². The molecule has 0 radical (unpaired) electrons. The summed E-state index contributed by atoms with van der Waals surface area (Å²) in [5.41, 5.74) is 6.25. The number of nitrogens with two attached hydrogens (primary N) is 1. The summed E-state index contributed by atoms with van der Waals surface area (Å²) >= 11 is 7.43. The fourth-order valence-corrected chi connectivity index (χ4v) is 2.76. The van der Waals surface area contributed by atoms with Crippen molar-refractivity contribution in [2.75, 3.05) is 12.3 Å². The first-order chi connectivity index (χ1) is 7.18. The zero-order valence-corrected chi connectivity index (χ0v) is 9.88. The van der Waals surface area contributed by atoms with Crippen LogP contribution in [0.15, 0.2) is 11.4 Å². The van der Waals surface area contributed by atoms with E-state index < -0.39 is 0 Å².